The van der Waals surface area contributed by atoms with E-state index >= 15 is 0 Å². The quantitative estimate of drug-likeness (QED) is 0.467. The Bertz CT molecular complexity index is 1160. The fraction of sp³-hybridized carbons (Fsp3) is 0.240. The molecule has 174 valence electrons. The topological polar surface area (TPSA) is 105 Å². The van der Waals surface area contributed by atoms with Gasteiger partial charge < -0.3 is 15.2 Å². The van der Waals surface area contributed by atoms with Crippen LogP contribution in [0.3, 0.4) is 0 Å². The SMILES string of the molecule is CC(C)(C)OC(=O)N[C@@H](c1ccccc1)[C@@H](NS(=O)(=O)c1ccc(O)cc1)c1ccccc1. The van der Waals surface area contributed by atoms with Crippen LogP contribution in [-0.4, -0.2) is 25.2 Å². The minimum atomic E-state index is -4.00. The molecule has 3 rings (SSSR count). The van der Waals surface area contributed by atoms with Gasteiger partial charge >= 0.3 is 6.09 Å². The summed E-state index contributed by atoms with van der Waals surface area (Å²) >= 11 is 0. The molecule has 0 spiro atoms. The second-order valence-electron chi connectivity index (χ2n) is 8.54. The van der Waals surface area contributed by atoms with Crippen molar-refractivity contribution in [3.8, 4) is 5.75 Å². The number of nitrogens with one attached hydrogen (secondary N) is 2. The molecule has 0 aromatic heterocycles. The number of hydrogen-bond acceptors (Lipinski definition) is 5. The number of phenols is 1. The summed E-state index contributed by atoms with van der Waals surface area (Å²) in [4.78, 5) is 12.7. The Morgan fingerprint density at radius 1 is 0.818 bits per heavy atom. The lowest BCUT2D eigenvalue weighted by atomic mass is 9.94. The molecule has 0 saturated heterocycles. The van der Waals surface area contributed by atoms with Gasteiger partial charge in [-0.2, -0.15) is 0 Å². The molecule has 0 aliphatic rings. The fourth-order valence-corrected chi connectivity index (χ4v) is 4.54. The van der Waals surface area contributed by atoms with Gasteiger partial charge in [0.1, 0.15) is 11.4 Å². The normalized spacial score (nSPS) is 13.7. The van der Waals surface area contributed by atoms with Crippen molar-refractivity contribution in [2.45, 2.75) is 43.4 Å². The molecule has 0 heterocycles. The first-order valence-corrected chi connectivity index (χ1v) is 11.9. The molecule has 1 amide bonds. The monoisotopic (exact) mass is 468 g/mol. The first-order chi connectivity index (χ1) is 15.5. The third kappa shape index (κ3) is 6.81. The van der Waals surface area contributed by atoms with Gasteiger partial charge in [-0.3, -0.25) is 0 Å². The van der Waals surface area contributed by atoms with Crippen LogP contribution in [0.4, 0.5) is 4.79 Å². The molecule has 3 aromatic carbocycles. The maximum Gasteiger partial charge on any atom is 0.408 e. The smallest absolute Gasteiger partial charge is 0.408 e. The zero-order valence-electron chi connectivity index (χ0n) is 18.7. The summed E-state index contributed by atoms with van der Waals surface area (Å²) in [5.41, 5.74) is 0.634. The van der Waals surface area contributed by atoms with Gasteiger partial charge in [0.2, 0.25) is 10.0 Å². The van der Waals surface area contributed by atoms with E-state index in [-0.39, 0.29) is 10.6 Å². The maximum atomic E-state index is 13.2. The predicted octanol–water partition coefficient (Wildman–Crippen LogP) is 4.68. The molecule has 0 bridgehead atoms. The Morgan fingerprint density at radius 2 is 1.30 bits per heavy atom. The van der Waals surface area contributed by atoms with E-state index in [1.54, 1.807) is 45.0 Å². The molecule has 0 fully saturated rings. The number of sulfonamides is 1. The van der Waals surface area contributed by atoms with Crippen LogP contribution in [0.1, 0.15) is 44.0 Å². The predicted molar refractivity (Wildman–Crippen MR) is 126 cm³/mol. The number of aromatic hydroxyl groups is 1. The molecular weight excluding hydrogens is 440 g/mol. The molecule has 7 nitrogen and oxygen atoms in total. The lowest BCUT2D eigenvalue weighted by molar-refractivity contribution is 0.0493. The molecule has 0 aliphatic heterocycles. The van der Waals surface area contributed by atoms with E-state index in [1.807, 2.05) is 36.4 Å². The van der Waals surface area contributed by atoms with Crippen molar-refractivity contribution in [3.05, 3.63) is 96.1 Å². The number of benzene rings is 3. The van der Waals surface area contributed by atoms with Crippen LogP contribution in [0.2, 0.25) is 0 Å². The average molecular weight is 469 g/mol. The van der Waals surface area contributed by atoms with Crippen LogP contribution in [-0.2, 0) is 14.8 Å². The summed E-state index contributed by atoms with van der Waals surface area (Å²) < 4.78 is 34.7. The Labute approximate surface area is 194 Å². The van der Waals surface area contributed by atoms with E-state index in [1.165, 1.54) is 24.3 Å². The van der Waals surface area contributed by atoms with Gasteiger partial charge in [0, 0.05) is 0 Å². The summed E-state index contributed by atoms with van der Waals surface area (Å²) in [6.45, 7) is 5.27. The lowest BCUT2D eigenvalue weighted by Gasteiger charge is -2.30. The van der Waals surface area contributed by atoms with Crippen LogP contribution in [0.5, 0.6) is 5.75 Å². The highest BCUT2D eigenvalue weighted by Crippen LogP contribution is 2.31. The third-order valence-corrected chi connectivity index (χ3v) is 6.21. The van der Waals surface area contributed by atoms with E-state index < -0.39 is 33.8 Å². The van der Waals surface area contributed by atoms with E-state index in [0.29, 0.717) is 11.1 Å². The van der Waals surface area contributed by atoms with Gasteiger partial charge in [-0.25, -0.2) is 17.9 Å². The molecule has 0 radical (unpaired) electrons. The largest absolute Gasteiger partial charge is 0.508 e. The number of carbonyl (C=O) groups excluding carboxylic acids is 1. The molecule has 3 aromatic rings. The van der Waals surface area contributed by atoms with Crippen molar-refractivity contribution in [2.24, 2.45) is 0 Å². The standard InChI is InChI=1S/C25H28N2O5S/c1-25(2,3)32-24(29)26-22(18-10-6-4-7-11-18)23(19-12-8-5-9-13-19)27-33(30,31)21-16-14-20(28)15-17-21/h4-17,22-23,27-28H,1-3H3,(H,26,29)/t22-,23-/m0/s1. The fourth-order valence-electron chi connectivity index (χ4n) is 3.30. The van der Waals surface area contributed by atoms with Crippen LogP contribution in [0.15, 0.2) is 89.8 Å². The van der Waals surface area contributed by atoms with Gasteiger partial charge in [-0.05, 0) is 56.2 Å². The van der Waals surface area contributed by atoms with Crippen molar-refractivity contribution in [3.63, 3.8) is 0 Å². The molecule has 8 heteroatoms. The van der Waals surface area contributed by atoms with E-state index in [9.17, 15) is 18.3 Å². The van der Waals surface area contributed by atoms with Crippen LogP contribution in [0.25, 0.3) is 0 Å². The number of carbonyl (C=O) groups is 1. The molecule has 0 aliphatic carbocycles. The van der Waals surface area contributed by atoms with E-state index in [4.69, 9.17) is 4.74 Å². The first-order valence-electron chi connectivity index (χ1n) is 10.5. The summed E-state index contributed by atoms with van der Waals surface area (Å²) in [5.74, 6) is -0.0395. The summed E-state index contributed by atoms with van der Waals surface area (Å²) in [6, 6.07) is 21.7. The molecule has 0 saturated carbocycles. The molecule has 2 atom stereocenters. The highest BCUT2D eigenvalue weighted by atomic mass is 32.2. The Kier molecular flexibility index (Phi) is 7.40. The average Bonchev–Trinajstić information content (AvgIpc) is 2.76. The van der Waals surface area contributed by atoms with Crippen LogP contribution < -0.4 is 10.0 Å². The van der Waals surface area contributed by atoms with E-state index in [2.05, 4.69) is 10.0 Å². The zero-order chi connectivity index (χ0) is 24.1. The second kappa shape index (κ2) is 10.1. The van der Waals surface area contributed by atoms with Crippen molar-refractivity contribution in [1.82, 2.24) is 10.0 Å². The Morgan fingerprint density at radius 3 is 1.79 bits per heavy atom. The molecule has 0 unspecified atom stereocenters. The number of ether oxygens (including phenoxy) is 1. The lowest BCUT2D eigenvalue weighted by Crippen LogP contribution is -2.42. The summed E-state index contributed by atoms with van der Waals surface area (Å²) in [7, 11) is -4.00. The minimum absolute atomic E-state index is 0.00897. The van der Waals surface area contributed by atoms with Gasteiger partial charge in [0.15, 0.2) is 0 Å². The number of rotatable bonds is 7. The maximum absolute atomic E-state index is 13.2. The highest BCUT2D eigenvalue weighted by Gasteiger charge is 2.32. The van der Waals surface area contributed by atoms with Crippen molar-refractivity contribution >= 4 is 16.1 Å². The minimum Gasteiger partial charge on any atom is -0.508 e. The second-order valence-corrected chi connectivity index (χ2v) is 10.3. The number of hydrogen-bond donors (Lipinski definition) is 3. The van der Waals surface area contributed by atoms with Gasteiger partial charge in [-0.1, -0.05) is 60.7 Å². The third-order valence-electron chi connectivity index (χ3n) is 4.75. The number of amides is 1. The highest BCUT2D eigenvalue weighted by molar-refractivity contribution is 7.89. The van der Waals surface area contributed by atoms with Crippen LogP contribution in [0, 0.1) is 0 Å². The molecular formula is C25H28N2O5S. The number of phenolic OH excluding ortho intramolecular Hbond substituents is 1. The summed E-state index contributed by atoms with van der Waals surface area (Å²) in [5, 5.41) is 12.4. The van der Waals surface area contributed by atoms with E-state index in [0.717, 1.165) is 0 Å². The van der Waals surface area contributed by atoms with Crippen molar-refractivity contribution in [1.29, 1.82) is 0 Å². The Hall–Kier alpha value is -3.36. The number of alkyl carbamates (subject to hydrolysis) is 1. The van der Waals surface area contributed by atoms with Crippen molar-refractivity contribution < 1.29 is 23.1 Å². The van der Waals surface area contributed by atoms with Gasteiger partial charge in [0.25, 0.3) is 0 Å². The molecule has 33 heavy (non-hydrogen) atoms. The first kappa shape index (κ1) is 24.3. The Balaban J connectivity index is 2.05. The molecule has 3 N–H and O–H groups in total. The zero-order valence-corrected chi connectivity index (χ0v) is 19.5. The van der Waals surface area contributed by atoms with Gasteiger partial charge in [0.05, 0.1) is 17.0 Å². The van der Waals surface area contributed by atoms with Gasteiger partial charge in [-0.15, -0.1) is 0 Å². The van der Waals surface area contributed by atoms with Crippen LogP contribution >= 0.6 is 0 Å². The van der Waals surface area contributed by atoms with Crippen molar-refractivity contribution in [2.75, 3.05) is 0 Å². The summed E-state index contributed by atoms with van der Waals surface area (Å²) in [6.07, 6.45) is -0.666.